The van der Waals surface area contributed by atoms with Crippen LogP contribution in [0.2, 0.25) is 0 Å². The second kappa shape index (κ2) is 4.64. The Balaban J connectivity index is 2.15. The van der Waals surface area contributed by atoms with E-state index in [1.54, 1.807) is 6.92 Å². The predicted octanol–water partition coefficient (Wildman–Crippen LogP) is 0.645. The number of H-pyrrole nitrogens is 1. The molecule has 0 bridgehead atoms. The minimum absolute atomic E-state index is 0.0328. The van der Waals surface area contributed by atoms with E-state index in [4.69, 9.17) is 5.73 Å². The SMILES string of the molecule is Cc1[nH]nc(S(=O)(=O)NCC2(C)CCC2)c1CN. The van der Waals surface area contributed by atoms with E-state index in [0.29, 0.717) is 17.8 Å². The van der Waals surface area contributed by atoms with E-state index in [9.17, 15) is 8.42 Å². The van der Waals surface area contributed by atoms with Crippen LogP contribution in [0.5, 0.6) is 0 Å². The molecule has 1 fully saturated rings. The Morgan fingerprint density at radius 3 is 2.67 bits per heavy atom. The molecule has 6 nitrogen and oxygen atoms in total. The fourth-order valence-corrected chi connectivity index (χ4v) is 3.59. The van der Waals surface area contributed by atoms with Gasteiger partial charge in [0.25, 0.3) is 10.0 Å². The van der Waals surface area contributed by atoms with Crippen molar-refractivity contribution in [2.45, 2.75) is 44.7 Å². The van der Waals surface area contributed by atoms with Gasteiger partial charge in [0.05, 0.1) is 0 Å². The molecule has 0 spiro atoms. The van der Waals surface area contributed by atoms with Crippen LogP contribution >= 0.6 is 0 Å². The molecule has 4 N–H and O–H groups in total. The summed E-state index contributed by atoms with van der Waals surface area (Å²) in [5.74, 6) is 0. The maximum Gasteiger partial charge on any atom is 0.260 e. The van der Waals surface area contributed by atoms with E-state index in [1.807, 2.05) is 0 Å². The van der Waals surface area contributed by atoms with Gasteiger partial charge in [-0.25, -0.2) is 13.1 Å². The first kappa shape index (κ1) is 13.5. The van der Waals surface area contributed by atoms with Gasteiger partial charge in [-0.2, -0.15) is 5.10 Å². The molecule has 0 unspecified atom stereocenters. The number of nitrogens with one attached hydrogen (secondary N) is 2. The Hall–Kier alpha value is -0.920. The molecular formula is C11H20N4O2S. The highest BCUT2D eigenvalue weighted by atomic mass is 32.2. The van der Waals surface area contributed by atoms with Gasteiger partial charge in [-0.3, -0.25) is 5.10 Å². The molecule has 0 saturated heterocycles. The third kappa shape index (κ3) is 2.43. The zero-order valence-corrected chi connectivity index (χ0v) is 11.6. The van der Waals surface area contributed by atoms with Gasteiger partial charge in [0, 0.05) is 24.3 Å². The number of aromatic nitrogens is 2. The molecule has 0 aromatic carbocycles. The lowest BCUT2D eigenvalue weighted by molar-refractivity contribution is 0.166. The van der Waals surface area contributed by atoms with Gasteiger partial charge in [0.1, 0.15) is 0 Å². The molecule has 2 rings (SSSR count). The summed E-state index contributed by atoms with van der Waals surface area (Å²) in [6, 6.07) is 0. The van der Waals surface area contributed by atoms with Crippen LogP contribution in [0.4, 0.5) is 0 Å². The van der Waals surface area contributed by atoms with Crippen LogP contribution < -0.4 is 10.5 Å². The van der Waals surface area contributed by atoms with Gasteiger partial charge in [-0.15, -0.1) is 0 Å². The minimum atomic E-state index is -3.56. The van der Waals surface area contributed by atoms with Crippen molar-refractivity contribution in [2.75, 3.05) is 6.54 Å². The Labute approximate surface area is 107 Å². The molecule has 18 heavy (non-hydrogen) atoms. The highest BCUT2D eigenvalue weighted by Gasteiger charge is 2.34. The van der Waals surface area contributed by atoms with Crippen LogP contribution in [0.3, 0.4) is 0 Å². The van der Waals surface area contributed by atoms with Crippen molar-refractivity contribution in [2.24, 2.45) is 11.1 Å². The lowest BCUT2D eigenvalue weighted by atomic mass is 9.71. The van der Waals surface area contributed by atoms with Crippen LogP contribution in [0, 0.1) is 12.3 Å². The third-order valence-electron chi connectivity index (χ3n) is 3.74. The number of nitrogens with two attached hydrogens (primary N) is 1. The van der Waals surface area contributed by atoms with Gasteiger partial charge < -0.3 is 5.73 Å². The standard InChI is InChI=1S/C11H20N4O2S/c1-8-9(6-12)10(15-14-8)18(16,17)13-7-11(2)4-3-5-11/h13H,3-7,12H2,1-2H3,(H,14,15). The van der Waals surface area contributed by atoms with E-state index in [1.165, 1.54) is 6.42 Å². The van der Waals surface area contributed by atoms with Gasteiger partial charge in [0.15, 0.2) is 5.03 Å². The minimum Gasteiger partial charge on any atom is -0.326 e. The van der Waals surface area contributed by atoms with Crippen LogP contribution in [0.25, 0.3) is 0 Å². The monoisotopic (exact) mass is 272 g/mol. The Morgan fingerprint density at radius 2 is 2.17 bits per heavy atom. The van der Waals surface area contributed by atoms with Gasteiger partial charge in [-0.05, 0) is 25.2 Å². The third-order valence-corrected chi connectivity index (χ3v) is 5.12. The van der Waals surface area contributed by atoms with Crippen LogP contribution in [0.1, 0.15) is 37.4 Å². The van der Waals surface area contributed by atoms with Crippen molar-refractivity contribution in [1.29, 1.82) is 0 Å². The fourth-order valence-electron chi connectivity index (χ4n) is 2.19. The van der Waals surface area contributed by atoms with Gasteiger partial charge in [0.2, 0.25) is 0 Å². The quantitative estimate of drug-likeness (QED) is 0.732. The molecule has 1 aliphatic carbocycles. The maximum atomic E-state index is 12.2. The summed E-state index contributed by atoms with van der Waals surface area (Å²) in [6.07, 6.45) is 3.31. The van der Waals surface area contributed by atoms with E-state index in [2.05, 4.69) is 21.8 Å². The number of aromatic amines is 1. The second-order valence-corrected chi connectivity index (χ2v) is 7.01. The van der Waals surface area contributed by atoms with Gasteiger partial charge in [-0.1, -0.05) is 13.3 Å². The molecule has 1 heterocycles. The van der Waals surface area contributed by atoms with Crippen molar-refractivity contribution in [3.05, 3.63) is 11.3 Å². The summed E-state index contributed by atoms with van der Waals surface area (Å²) >= 11 is 0. The Morgan fingerprint density at radius 1 is 1.50 bits per heavy atom. The molecular weight excluding hydrogens is 252 g/mol. The first-order chi connectivity index (χ1) is 8.38. The van der Waals surface area contributed by atoms with Crippen molar-refractivity contribution in [3.63, 3.8) is 0 Å². The van der Waals surface area contributed by atoms with Gasteiger partial charge >= 0.3 is 0 Å². The van der Waals surface area contributed by atoms with E-state index >= 15 is 0 Å². The highest BCUT2D eigenvalue weighted by Crippen LogP contribution is 2.39. The first-order valence-corrected chi connectivity index (χ1v) is 7.60. The average Bonchev–Trinajstić information content (AvgIpc) is 2.66. The number of hydrogen-bond donors (Lipinski definition) is 3. The number of hydrogen-bond acceptors (Lipinski definition) is 4. The zero-order valence-electron chi connectivity index (χ0n) is 10.8. The van der Waals surface area contributed by atoms with Crippen molar-refractivity contribution < 1.29 is 8.42 Å². The lowest BCUT2D eigenvalue weighted by Crippen LogP contribution is -2.40. The molecule has 1 aromatic rings. The van der Waals surface area contributed by atoms with Crippen molar-refractivity contribution in [3.8, 4) is 0 Å². The Bertz CT molecular complexity index is 531. The zero-order chi connectivity index (χ0) is 13.4. The molecule has 0 atom stereocenters. The van der Waals surface area contributed by atoms with Crippen molar-refractivity contribution >= 4 is 10.0 Å². The summed E-state index contributed by atoms with van der Waals surface area (Å²) < 4.78 is 27.0. The second-order valence-electron chi connectivity index (χ2n) is 5.33. The predicted molar refractivity (Wildman–Crippen MR) is 68.4 cm³/mol. The summed E-state index contributed by atoms with van der Waals surface area (Å²) in [4.78, 5) is 0. The molecule has 102 valence electrons. The largest absolute Gasteiger partial charge is 0.326 e. The van der Waals surface area contributed by atoms with Crippen molar-refractivity contribution in [1.82, 2.24) is 14.9 Å². The molecule has 1 saturated carbocycles. The van der Waals surface area contributed by atoms with Crippen LogP contribution in [0.15, 0.2) is 5.03 Å². The van der Waals surface area contributed by atoms with Crippen LogP contribution in [-0.4, -0.2) is 25.2 Å². The topological polar surface area (TPSA) is 101 Å². The normalized spacial score (nSPS) is 18.6. The average molecular weight is 272 g/mol. The Kier molecular flexibility index (Phi) is 3.48. The summed E-state index contributed by atoms with van der Waals surface area (Å²) in [6.45, 7) is 4.49. The first-order valence-electron chi connectivity index (χ1n) is 6.11. The van der Waals surface area contributed by atoms with E-state index in [-0.39, 0.29) is 17.0 Å². The summed E-state index contributed by atoms with van der Waals surface area (Å²) in [5.41, 5.74) is 6.92. The fraction of sp³-hybridized carbons (Fsp3) is 0.727. The van der Waals surface area contributed by atoms with E-state index < -0.39 is 10.0 Å². The summed E-state index contributed by atoms with van der Waals surface area (Å²) in [7, 11) is -3.56. The maximum absolute atomic E-state index is 12.2. The smallest absolute Gasteiger partial charge is 0.260 e. The van der Waals surface area contributed by atoms with E-state index in [0.717, 1.165) is 12.8 Å². The number of rotatable bonds is 5. The molecule has 0 amide bonds. The molecule has 1 aromatic heterocycles. The number of sulfonamides is 1. The number of nitrogens with zero attached hydrogens (tertiary/aromatic N) is 1. The number of aryl methyl sites for hydroxylation is 1. The molecule has 7 heteroatoms. The lowest BCUT2D eigenvalue weighted by Gasteiger charge is -2.38. The molecule has 0 radical (unpaired) electrons. The molecule has 0 aliphatic heterocycles. The van der Waals surface area contributed by atoms with Crippen LogP contribution in [-0.2, 0) is 16.6 Å². The highest BCUT2D eigenvalue weighted by molar-refractivity contribution is 7.89. The molecule has 1 aliphatic rings. The summed E-state index contributed by atoms with van der Waals surface area (Å²) in [5, 5.41) is 6.55.